The van der Waals surface area contributed by atoms with Crippen LogP contribution in [0.5, 0.6) is 0 Å². The Bertz CT molecular complexity index is 1170. The summed E-state index contributed by atoms with van der Waals surface area (Å²) in [5.74, 6) is -0.176. The maximum absolute atomic E-state index is 13.7. The molecule has 0 aliphatic heterocycles. The van der Waals surface area contributed by atoms with E-state index in [0.29, 0.717) is 45.0 Å². The van der Waals surface area contributed by atoms with Crippen molar-refractivity contribution in [3.8, 4) is 22.3 Å². The predicted molar refractivity (Wildman–Crippen MR) is 125 cm³/mol. The molecule has 0 unspecified atom stereocenters. The van der Waals surface area contributed by atoms with Crippen LogP contribution in [0, 0.1) is 0 Å². The minimum atomic E-state index is -0.176. The van der Waals surface area contributed by atoms with E-state index in [4.69, 9.17) is 22.9 Å². The van der Waals surface area contributed by atoms with Crippen molar-refractivity contribution in [1.82, 2.24) is 0 Å². The van der Waals surface area contributed by atoms with E-state index in [0.717, 1.165) is 11.1 Å². The highest BCUT2D eigenvalue weighted by molar-refractivity contribution is 6.18. The Kier molecular flexibility index (Phi) is 4.86. The lowest BCUT2D eigenvalue weighted by atomic mass is 9.88. The highest BCUT2D eigenvalue weighted by Gasteiger charge is 2.21. The van der Waals surface area contributed by atoms with Gasteiger partial charge < -0.3 is 22.9 Å². The summed E-state index contributed by atoms with van der Waals surface area (Å²) >= 11 is 0. The van der Waals surface area contributed by atoms with E-state index in [1.165, 1.54) is 0 Å². The van der Waals surface area contributed by atoms with Crippen molar-refractivity contribution in [2.75, 3.05) is 22.9 Å². The maximum atomic E-state index is 13.7. The van der Waals surface area contributed by atoms with E-state index in [-0.39, 0.29) is 5.78 Å². The van der Waals surface area contributed by atoms with Crippen molar-refractivity contribution in [3.05, 3.63) is 96.1 Å². The fourth-order valence-corrected chi connectivity index (χ4v) is 3.70. The third-order valence-electron chi connectivity index (χ3n) is 5.03. The lowest BCUT2D eigenvalue weighted by Crippen LogP contribution is -2.09. The first-order chi connectivity index (χ1) is 14.5. The Morgan fingerprint density at radius 3 is 1.33 bits per heavy atom. The molecule has 0 saturated heterocycles. The van der Waals surface area contributed by atoms with Crippen molar-refractivity contribution in [1.29, 1.82) is 0 Å². The molecule has 0 heterocycles. The highest BCUT2D eigenvalue weighted by atomic mass is 16.1. The number of benzene rings is 4. The van der Waals surface area contributed by atoms with E-state index >= 15 is 0 Å². The lowest BCUT2D eigenvalue weighted by Gasteiger charge is -2.16. The van der Waals surface area contributed by atoms with Crippen LogP contribution < -0.4 is 22.9 Å². The monoisotopic (exact) mass is 394 g/mol. The van der Waals surface area contributed by atoms with Gasteiger partial charge in [-0.1, -0.05) is 48.5 Å². The van der Waals surface area contributed by atoms with Crippen LogP contribution in [0.1, 0.15) is 15.9 Å². The van der Waals surface area contributed by atoms with Gasteiger partial charge in [-0.2, -0.15) is 0 Å². The first kappa shape index (κ1) is 19.1. The number of hydrogen-bond donors (Lipinski definition) is 4. The molecule has 5 heteroatoms. The highest BCUT2D eigenvalue weighted by Crippen LogP contribution is 2.36. The van der Waals surface area contributed by atoms with Crippen molar-refractivity contribution < 1.29 is 4.79 Å². The van der Waals surface area contributed by atoms with Crippen molar-refractivity contribution in [3.63, 3.8) is 0 Å². The number of ketones is 1. The number of carbonyl (C=O) groups excluding carboxylic acids is 1. The maximum Gasteiger partial charge on any atom is 0.194 e. The molecular formula is C25H22N4O. The van der Waals surface area contributed by atoms with Crippen molar-refractivity contribution in [2.45, 2.75) is 0 Å². The van der Waals surface area contributed by atoms with Crippen LogP contribution >= 0.6 is 0 Å². The molecule has 0 bridgehead atoms. The van der Waals surface area contributed by atoms with Crippen LogP contribution in [0.15, 0.2) is 84.9 Å². The third-order valence-corrected chi connectivity index (χ3v) is 5.03. The smallest absolute Gasteiger partial charge is 0.194 e. The predicted octanol–water partition coefficient (Wildman–Crippen LogP) is 4.58. The first-order valence-corrected chi connectivity index (χ1v) is 9.49. The molecule has 0 aliphatic rings. The van der Waals surface area contributed by atoms with E-state index in [2.05, 4.69) is 0 Å². The fourth-order valence-electron chi connectivity index (χ4n) is 3.70. The van der Waals surface area contributed by atoms with E-state index < -0.39 is 0 Å². The molecule has 4 aromatic carbocycles. The zero-order valence-corrected chi connectivity index (χ0v) is 16.3. The lowest BCUT2D eigenvalue weighted by molar-refractivity contribution is 0.104. The summed E-state index contributed by atoms with van der Waals surface area (Å²) in [4.78, 5) is 13.7. The van der Waals surface area contributed by atoms with Crippen LogP contribution in [0.2, 0.25) is 0 Å². The largest absolute Gasteiger partial charge is 0.399 e. The Hall–Kier alpha value is -4.25. The summed E-state index contributed by atoms with van der Waals surface area (Å²) in [6.45, 7) is 0. The van der Waals surface area contributed by atoms with Gasteiger partial charge in [0.05, 0.1) is 0 Å². The first-order valence-electron chi connectivity index (χ1n) is 9.49. The second-order valence-corrected chi connectivity index (χ2v) is 7.12. The van der Waals surface area contributed by atoms with Crippen LogP contribution in [0.4, 0.5) is 22.7 Å². The number of anilines is 4. The van der Waals surface area contributed by atoms with Gasteiger partial charge in [0, 0.05) is 45.0 Å². The van der Waals surface area contributed by atoms with Gasteiger partial charge in [-0.25, -0.2) is 0 Å². The topological polar surface area (TPSA) is 121 Å². The average Bonchev–Trinajstić information content (AvgIpc) is 2.73. The molecule has 4 rings (SSSR count). The quantitative estimate of drug-likeness (QED) is 0.298. The molecule has 30 heavy (non-hydrogen) atoms. The van der Waals surface area contributed by atoms with Gasteiger partial charge in [-0.15, -0.1) is 0 Å². The second-order valence-electron chi connectivity index (χ2n) is 7.12. The summed E-state index contributed by atoms with van der Waals surface area (Å²) < 4.78 is 0. The number of rotatable bonds is 4. The Morgan fingerprint density at radius 2 is 0.933 bits per heavy atom. The summed E-state index contributed by atoms with van der Waals surface area (Å²) in [5.41, 5.74) is 30.5. The Labute approximate surface area is 174 Å². The minimum absolute atomic E-state index is 0.176. The molecule has 0 fully saturated rings. The fraction of sp³-hybridized carbons (Fsp3) is 0. The average molecular weight is 394 g/mol. The van der Waals surface area contributed by atoms with Gasteiger partial charge in [-0.3, -0.25) is 4.79 Å². The third kappa shape index (κ3) is 3.44. The van der Waals surface area contributed by atoms with Gasteiger partial charge in [0.25, 0.3) is 0 Å². The molecule has 8 N–H and O–H groups in total. The molecule has 4 aromatic rings. The number of hydrogen-bond acceptors (Lipinski definition) is 5. The molecular weight excluding hydrogens is 372 g/mol. The van der Waals surface area contributed by atoms with Crippen LogP contribution in [0.3, 0.4) is 0 Å². The number of carbonyl (C=O) groups is 1. The number of nitrogen functional groups attached to an aromatic ring is 4. The molecule has 0 atom stereocenters. The zero-order valence-electron chi connectivity index (χ0n) is 16.3. The second kappa shape index (κ2) is 7.64. The van der Waals surface area contributed by atoms with Crippen LogP contribution in [-0.2, 0) is 0 Å². The molecule has 0 aliphatic carbocycles. The zero-order chi connectivity index (χ0) is 21.3. The minimum Gasteiger partial charge on any atom is -0.399 e. The molecule has 148 valence electrons. The molecule has 0 spiro atoms. The Morgan fingerprint density at radius 1 is 0.533 bits per heavy atom. The van der Waals surface area contributed by atoms with Gasteiger partial charge in [0.2, 0.25) is 0 Å². The summed E-state index contributed by atoms with van der Waals surface area (Å²) in [6, 6.07) is 25.3. The van der Waals surface area contributed by atoms with Gasteiger partial charge in [0.1, 0.15) is 0 Å². The molecule has 0 aromatic heterocycles. The SMILES string of the molecule is Nc1cccc(-c2c(N)cccc2C(=O)c2cccc(N)c2-c2cccc(N)c2)c1. The van der Waals surface area contributed by atoms with Gasteiger partial charge in [-0.05, 0) is 47.5 Å². The summed E-state index contributed by atoms with van der Waals surface area (Å²) in [6.07, 6.45) is 0. The summed E-state index contributed by atoms with van der Waals surface area (Å²) in [7, 11) is 0. The molecule has 0 amide bonds. The van der Waals surface area contributed by atoms with Gasteiger partial charge >= 0.3 is 0 Å². The Balaban J connectivity index is 1.93. The normalized spacial score (nSPS) is 10.7. The van der Waals surface area contributed by atoms with Gasteiger partial charge in [0.15, 0.2) is 5.78 Å². The van der Waals surface area contributed by atoms with Crippen LogP contribution in [0.25, 0.3) is 22.3 Å². The van der Waals surface area contributed by atoms with E-state index in [1.807, 2.05) is 24.3 Å². The standard InChI is InChI=1S/C25H22N4O/c26-17-7-1-5-15(13-17)23-19(9-3-11-21(23)28)25(30)20-10-4-12-22(29)24(20)16-6-2-8-18(27)14-16/h1-14H,26-29H2. The van der Waals surface area contributed by atoms with Crippen molar-refractivity contribution >= 4 is 28.5 Å². The van der Waals surface area contributed by atoms with Crippen molar-refractivity contribution in [2.24, 2.45) is 0 Å². The summed E-state index contributed by atoms with van der Waals surface area (Å²) in [5, 5.41) is 0. The van der Waals surface area contributed by atoms with Crippen LogP contribution in [-0.4, -0.2) is 5.78 Å². The van der Waals surface area contributed by atoms with E-state index in [1.54, 1.807) is 60.7 Å². The number of nitrogens with two attached hydrogens (primary N) is 4. The molecule has 5 nitrogen and oxygen atoms in total. The molecule has 0 radical (unpaired) electrons. The molecule has 0 saturated carbocycles. The van der Waals surface area contributed by atoms with E-state index in [9.17, 15) is 4.79 Å².